The van der Waals surface area contributed by atoms with E-state index < -0.39 is 0 Å². The Kier molecular flexibility index (Phi) is 1.56. The molecule has 12 heavy (non-hydrogen) atoms. The van der Waals surface area contributed by atoms with E-state index in [1.807, 2.05) is 13.2 Å². The summed E-state index contributed by atoms with van der Waals surface area (Å²) < 4.78 is 0. The molecule has 0 fully saturated rings. The number of aromatic nitrogens is 1. The second-order valence-corrected chi connectivity index (χ2v) is 3.11. The number of hydrogen-bond donors (Lipinski definition) is 0. The number of fused-ring (bicyclic) bond motifs is 1. The van der Waals surface area contributed by atoms with E-state index in [2.05, 4.69) is 16.0 Å². The van der Waals surface area contributed by atoms with Gasteiger partial charge in [-0.25, -0.2) is 0 Å². The third-order valence-electron chi connectivity index (χ3n) is 2.14. The topological polar surface area (TPSA) is 39.9 Å². The van der Waals surface area contributed by atoms with Crippen molar-refractivity contribution in [1.82, 2.24) is 9.88 Å². The minimum absolute atomic E-state index is 0.719. The molecule has 3 nitrogen and oxygen atoms in total. The molecule has 2 heterocycles. The summed E-state index contributed by atoms with van der Waals surface area (Å²) in [6.07, 6.45) is 3.48. The fourth-order valence-corrected chi connectivity index (χ4v) is 1.57. The first kappa shape index (κ1) is 7.26. The maximum Gasteiger partial charge on any atom is 0.101 e. The molecular formula is C9H9N3. The highest BCUT2D eigenvalue weighted by atomic mass is 15.1. The molecule has 0 saturated carbocycles. The van der Waals surface area contributed by atoms with Crippen LogP contribution in [0.15, 0.2) is 12.4 Å². The van der Waals surface area contributed by atoms with Gasteiger partial charge in [0.25, 0.3) is 0 Å². The van der Waals surface area contributed by atoms with Crippen LogP contribution in [0, 0.1) is 11.3 Å². The lowest BCUT2D eigenvalue weighted by molar-refractivity contribution is 0.353. The Hall–Kier alpha value is -1.40. The Morgan fingerprint density at radius 2 is 2.33 bits per heavy atom. The molecule has 0 bridgehead atoms. The smallest absolute Gasteiger partial charge is 0.101 e. The van der Waals surface area contributed by atoms with E-state index in [-0.39, 0.29) is 0 Å². The highest BCUT2D eigenvalue weighted by Crippen LogP contribution is 2.22. The highest BCUT2D eigenvalue weighted by Gasteiger charge is 2.18. The number of rotatable bonds is 0. The van der Waals surface area contributed by atoms with E-state index in [0.717, 1.165) is 24.2 Å². The van der Waals surface area contributed by atoms with Crippen LogP contribution >= 0.6 is 0 Å². The zero-order valence-corrected chi connectivity index (χ0v) is 6.91. The summed E-state index contributed by atoms with van der Waals surface area (Å²) in [6.45, 7) is 1.79. The van der Waals surface area contributed by atoms with Gasteiger partial charge in [-0.15, -0.1) is 0 Å². The molecule has 0 saturated heterocycles. The fourth-order valence-electron chi connectivity index (χ4n) is 1.57. The van der Waals surface area contributed by atoms with Crippen LogP contribution in [0.4, 0.5) is 0 Å². The maximum atomic E-state index is 8.78. The van der Waals surface area contributed by atoms with Crippen molar-refractivity contribution >= 4 is 0 Å². The van der Waals surface area contributed by atoms with Gasteiger partial charge >= 0.3 is 0 Å². The first-order valence-electron chi connectivity index (χ1n) is 3.85. The van der Waals surface area contributed by atoms with Crippen LogP contribution in [-0.4, -0.2) is 16.9 Å². The Bertz CT molecular complexity index is 351. The largest absolute Gasteiger partial charge is 0.298 e. The summed E-state index contributed by atoms with van der Waals surface area (Å²) in [4.78, 5) is 6.19. The molecule has 0 spiro atoms. The van der Waals surface area contributed by atoms with Crippen molar-refractivity contribution in [2.45, 2.75) is 13.1 Å². The van der Waals surface area contributed by atoms with Gasteiger partial charge in [0, 0.05) is 25.5 Å². The Morgan fingerprint density at radius 3 is 3.08 bits per heavy atom. The summed E-state index contributed by atoms with van der Waals surface area (Å²) >= 11 is 0. The number of pyridine rings is 1. The molecule has 1 aromatic rings. The molecule has 0 aromatic carbocycles. The summed E-state index contributed by atoms with van der Waals surface area (Å²) in [5, 5.41) is 8.78. The fraction of sp³-hybridized carbons (Fsp3) is 0.333. The summed E-state index contributed by atoms with van der Waals surface area (Å²) in [7, 11) is 2.04. The summed E-state index contributed by atoms with van der Waals surface area (Å²) in [5.41, 5.74) is 3.06. The van der Waals surface area contributed by atoms with Crippen LogP contribution in [0.25, 0.3) is 0 Å². The third kappa shape index (κ3) is 0.973. The van der Waals surface area contributed by atoms with E-state index in [1.54, 1.807) is 6.20 Å². The van der Waals surface area contributed by atoms with Gasteiger partial charge in [0.2, 0.25) is 0 Å². The highest BCUT2D eigenvalue weighted by molar-refractivity contribution is 5.41. The molecule has 1 aliphatic rings. The molecule has 60 valence electrons. The molecule has 0 N–H and O–H groups in total. The van der Waals surface area contributed by atoms with Gasteiger partial charge in [0.05, 0.1) is 5.56 Å². The molecule has 0 unspecified atom stereocenters. The minimum atomic E-state index is 0.719. The average molecular weight is 159 g/mol. The summed E-state index contributed by atoms with van der Waals surface area (Å²) in [6, 6.07) is 2.16. The zero-order valence-electron chi connectivity index (χ0n) is 6.91. The molecule has 0 aliphatic carbocycles. The molecule has 0 radical (unpaired) electrons. The normalized spacial score (nSPS) is 15.7. The first-order chi connectivity index (χ1) is 5.81. The molecule has 1 aliphatic heterocycles. The minimum Gasteiger partial charge on any atom is -0.298 e. The monoisotopic (exact) mass is 159 g/mol. The van der Waals surface area contributed by atoms with Crippen molar-refractivity contribution in [3.05, 3.63) is 29.1 Å². The quantitative estimate of drug-likeness (QED) is 0.564. The van der Waals surface area contributed by atoms with Crippen LogP contribution in [0.3, 0.4) is 0 Å². The van der Waals surface area contributed by atoms with Gasteiger partial charge in [0.1, 0.15) is 6.07 Å². The third-order valence-corrected chi connectivity index (χ3v) is 2.14. The van der Waals surface area contributed by atoms with Gasteiger partial charge in [-0.3, -0.25) is 9.88 Å². The Labute approximate surface area is 71.3 Å². The van der Waals surface area contributed by atoms with E-state index in [4.69, 9.17) is 5.26 Å². The molecule has 0 amide bonds. The molecule has 3 heteroatoms. The van der Waals surface area contributed by atoms with Gasteiger partial charge in [-0.05, 0) is 18.2 Å². The standard InChI is InChI=1S/C9H9N3/c1-12-5-8-4-11-3-7(2-10)9(8)6-12/h3-4H,5-6H2,1H3. The van der Waals surface area contributed by atoms with Gasteiger partial charge < -0.3 is 0 Å². The lowest BCUT2D eigenvalue weighted by Gasteiger charge is -2.02. The summed E-state index contributed by atoms with van der Waals surface area (Å²) in [5.74, 6) is 0. The number of hydrogen-bond acceptors (Lipinski definition) is 3. The lowest BCUT2D eigenvalue weighted by Crippen LogP contribution is -2.07. The predicted molar refractivity (Wildman–Crippen MR) is 44.1 cm³/mol. The Morgan fingerprint density at radius 1 is 1.50 bits per heavy atom. The van der Waals surface area contributed by atoms with Gasteiger partial charge in [-0.2, -0.15) is 5.26 Å². The van der Waals surface area contributed by atoms with E-state index >= 15 is 0 Å². The SMILES string of the molecule is CN1Cc2cncc(C#N)c2C1. The second-order valence-electron chi connectivity index (χ2n) is 3.11. The number of nitriles is 1. The molecule has 2 rings (SSSR count). The molecule has 1 aromatic heterocycles. The van der Waals surface area contributed by atoms with Crippen LogP contribution in [0.2, 0.25) is 0 Å². The van der Waals surface area contributed by atoms with Crippen molar-refractivity contribution in [1.29, 1.82) is 5.26 Å². The van der Waals surface area contributed by atoms with Crippen LogP contribution < -0.4 is 0 Å². The van der Waals surface area contributed by atoms with Crippen molar-refractivity contribution < 1.29 is 0 Å². The number of nitrogens with zero attached hydrogens (tertiary/aromatic N) is 3. The molecular weight excluding hydrogens is 150 g/mol. The van der Waals surface area contributed by atoms with E-state index in [1.165, 1.54) is 5.56 Å². The Balaban J connectivity index is 2.53. The zero-order chi connectivity index (χ0) is 8.55. The van der Waals surface area contributed by atoms with Crippen molar-refractivity contribution in [2.75, 3.05) is 7.05 Å². The van der Waals surface area contributed by atoms with Crippen LogP contribution in [0.5, 0.6) is 0 Å². The lowest BCUT2D eigenvalue weighted by atomic mass is 10.1. The predicted octanol–water partition coefficient (Wildman–Crippen LogP) is 0.899. The molecule has 0 atom stereocenters. The van der Waals surface area contributed by atoms with Crippen LogP contribution in [0.1, 0.15) is 16.7 Å². The van der Waals surface area contributed by atoms with E-state index in [0.29, 0.717) is 0 Å². The van der Waals surface area contributed by atoms with E-state index in [9.17, 15) is 0 Å². The first-order valence-corrected chi connectivity index (χ1v) is 3.85. The van der Waals surface area contributed by atoms with Crippen molar-refractivity contribution in [3.8, 4) is 6.07 Å². The average Bonchev–Trinajstić information content (AvgIpc) is 2.44. The van der Waals surface area contributed by atoms with Gasteiger partial charge in [-0.1, -0.05) is 0 Å². The second kappa shape index (κ2) is 2.58. The maximum absolute atomic E-state index is 8.78. The van der Waals surface area contributed by atoms with Crippen molar-refractivity contribution in [2.24, 2.45) is 0 Å². The van der Waals surface area contributed by atoms with Crippen LogP contribution in [-0.2, 0) is 13.1 Å². The van der Waals surface area contributed by atoms with Gasteiger partial charge in [0.15, 0.2) is 0 Å². The van der Waals surface area contributed by atoms with Crippen molar-refractivity contribution in [3.63, 3.8) is 0 Å².